The highest BCUT2D eigenvalue weighted by molar-refractivity contribution is 5.92. The predicted molar refractivity (Wildman–Crippen MR) is 81.7 cm³/mol. The maximum atomic E-state index is 12.7. The minimum Gasteiger partial charge on any atom is -0.391 e. The van der Waals surface area contributed by atoms with Crippen LogP contribution in [0.5, 0.6) is 0 Å². The van der Waals surface area contributed by atoms with Crippen molar-refractivity contribution in [3.05, 3.63) is 47.8 Å². The van der Waals surface area contributed by atoms with E-state index in [9.17, 15) is 23.1 Å². The molecule has 1 unspecified atom stereocenters. The first-order valence-electron chi connectivity index (χ1n) is 7.38. The van der Waals surface area contributed by atoms with Crippen molar-refractivity contribution in [3.8, 4) is 5.69 Å². The fourth-order valence-corrected chi connectivity index (χ4v) is 1.94. The number of aliphatic hydroxyl groups excluding tert-OH is 1. The van der Waals surface area contributed by atoms with Crippen LogP contribution in [-0.4, -0.2) is 33.4 Å². The number of amides is 1. The van der Waals surface area contributed by atoms with E-state index in [0.717, 1.165) is 12.1 Å². The molecule has 1 atom stereocenters. The normalized spacial score (nSPS) is 13.1. The van der Waals surface area contributed by atoms with Gasteiger partial charge in [0.2, 0.25) is 0 Å². The number of carbonyl (C=O) groups excluding carboxylic acids is 1. The maximum Gasteiger partial charge on any atom is 0.416 e. The Kier molecular flexibility index (Phi) is 5.28. The van der Waals surface area contributed by atoms with Crippen molar-refractivity contribution < 1.29 is 23.1 Å². The molecule has 0 aliphatic carbocycles. The molecule has 0 spiro atoms. The summed E-state index contributed by atoms with van der Waals surface area (Å²) >= 11 is 0. The van der Waals surface area contributed by atoms with Gasteiger partial charge in [0.1, 0.15) is 0 Å². The topological polar surface area (TPSA) is 67.2 Å². The number of nitrogens with zero attached hydrogens (tertiary/aromatic N) is 2. The number of aromatic nitrogens is 2. The maximum absolute atomic E-state index is 12.7. The zero-order valence-electron chi connectivity index (χ0n) is 13.2. The molecule has 2 rings (SSSR count). The number of hydrogen-bond donors (Lipinski definition) is 2. The van der Waals surface area contributed by atoms with E-state index in [2.05, 4.69) is 10.4 Å². The molecule has 0 aliphatic heterocycles. The van der Waals surface area contributed by atoms with Crippen LogP contribution in [0.15, 0.2) is 36.5 Å². The van der Waals surface area contributed by atoms with Gasteiger partial charge in [-0.15, -0.1) is 0 Å². The van der Waals surface area contributed by atoms with Crippen LogP contribution in [0.2, 0.25) is 0 Å². The first-order valence-corrected chi connectivity index (χ1v) is 7.38. The monoisotopic (exact) mass is 341 g/mol. The molecular formula is C16H18F3N3O2. The number of halogens is 3. The summed E-state index contributed by atoms with van der Waals surface area (Å²) < 4.78 is 39.4. The Hall–Kier alpha value is -2.35. The van der Waals surface area contributed by atoms with E-state index >= 15 is 0 Å². The smallest absolute Gasteiger partial charge is 0.391 e. The van der Waals surface area contributed by atoms with Gasteiger partial charge in [0.15, 0.2) is 5.69 Å². The summed E-state index contributed by atoms with van der Waals surface area (Å²) in [4.78, 5) is 12.0. The van der Waals surface area contributed by atoms with Gasteiger partial charge >= 0.3 is 6.18 Å². The number of carbonyl (C=O) groups is 1. The highest BCUT2D eigenvalue weighted by Gasteiger charge is 2.30. The average Bonchev–Trinajstić information content (AvgIpc) is 3.01. The fraction of sp³-hybridized carbons (Fsp3) is 0.375. The molecule has 2 N–H and O–H groups in total. The summed E-state index contributed by atoms with van der Waals surface area (Å²) in [5, 5.41) is 16.2. The third-order valence-corrected chi connectivity index (χ3v) is 3.50. The molecule has 24 heavy (non-hydrogen) atoms. The van der Waals surface area contributed by atoms with Gasteiger partial charge in [-0.3, -0.25) is 4.79 Å². The summed E-state index contributed by atoms with van der Waals surface area (Å²) in [5.41, 5.74) is -0.531. The van der Waals surface area contributed by atoms with Crippen molar-refractivity contribution in [1.82, 2.24) is 15.1 Å². The molecule has 0 aliphatic rings. The Morgan fingerprint density at radius 2 is 2.04 bits per heavy atom. The molecule has 0 radical (unpaired) electrons. The molecule has 0 fully saturated rings. The lowest BCUT2D eigenvalue weighted by molar-refractivity contribution is -0.137. The SMILES string of the molecule is CC(C)C(O)CNC(=O)c1ccn(-c2cccc(C(F)(F)F)c2)n1. The van der Waals surface area contributed by atoms with E-state index in [1.54, 1.807) is 0 Å². The summed E-state index contributed by atoms with van der Waals surface area (Å²) in [5.74, 6) is -0.506. The zero-order chi connectivity index (χ0) is 17.9. The number of aliphatic hydroxyl groups is 1. The molecular weight excluding hydrogens is 323 g/mol. The molecule has 0 bridgehead atoms. The molecule has 0 saturated heterocycles. The van der Waals surface area contributed by atoms with E-state index in [1.807, 2.05) is 13.8 Å². The molecule has 1 aromatic carbocycles. The second kappa shape index (κ2) is 7.04. The lowest BCUT2D eigenvalue weighted by Gasteiger charge is -2.14. The van der Waals surface area contributed by atoms with Crippen LogP contribution < -0.4 is 5.32 Å². The lowest BCUT2D eigenvalue weighted by atomic mass is 10.1. The van der Waals surface area contributed by atoms with Crippen molar-refractivity contribution in [3.63, 3.8) is 0 Å². The Labute approximate surface area is 137 Å². The number of benzene rings is 1. The average molecular weight is 341 g/mol. The molecule has 130 valence electrons. The Morgan fingerprint density at radius 1 is 1.33 bits per heavy atom. The minimum atomic E-state index is -4.45. The van der Waals surface area contributed by atoms with Crippen molar-refractivity contribution in [1.29, 1.82) is 0 Å². The molecule has 1 amide bonds. The van der Waals surface area contributed by atoms with Gasteiger partial charge in [-0.1, -0.05) is 19.9 Å². The summed E-state index contributed by atoms with van der Waals surface area (Å²) in [6.45, 7) is 3.71. The van der Waals surface area contributed by atoms with Crippen LogP contribution in [-0.2, 0) is 6.18 Å². The second-order valence-corrected chi connectivity index (χ2v) is 5.72. The Morgan fingerprint density at radius 3 is 2.67 bits per heavy atom. The van der Waals surface area contributed by atoms with Crippen molar-refractivity contribution >= 4 is 5.91 Å². The van der Waals surface area contributed by atoms with Crippen LogP contribution >= 0.6 is 0 Å². The number of alkyl halides is 3. The van der Waals surface area contributed by atoms with Crippen molar-refractivity contribution in [2.75, 3.05) is 6.54 Å². The standard InChI is InChI=1S/C16H18F3N3O2/c1-10(2)14(23)9-20-15(24)13-6-7-22(21-13)12-5-3-4-11(8-12)16(17,18)19/h3-8,10,14,23H,9H2,1-2H3,(H,20,24). The second-order valence-electron chi connectivity index (χ2n) is 5.72. The largest absolute Gasteiger partial charge is 0.416 e. The molecule has 2 aromatic rings. The van der Waals surface area contributed by atoms with E-state index < -0.39 is 23.8 Å². The number of rotatable bonds is 5. The van der Waals surface area contributed by atoms with E-state index in [-0.39, 0.29) is 23.8 Å². The molecule has 1 aromatic heterocycles. The van der Waals surface area contributed by atoms with Crippen LogP contribution in [0.4, 0.5) is 13.2 Å². The number of nitrogens with one attached hydrogen (secondary N) is 1. The lowest BCUT2D eigenvalue weighted by Crippen LogP contribution is -2.34. The van der Waals surface area contributed by atoms with E-state index in [4.69, 9.17) is 0 Å². The van der Waals surface area contributed by atoms with Crippen LogP contribution in [0.25, 0.3) is 5.69 Å². The van der Waals surface area contributed by atoms with Gasteiger partial charge in [0.05, 0.1) is 17.4 Å². The highest BCUT2D eigenvalue weighted by atomic mass is 19.4. The van der Waals surface area contributed by atoms with Crippen LogP contribution in [0, 0.1) is 5.92 Å². The van der Waals surface area contributed by atoms with Gasteiger partial charge < -0.3 is 10.4 Å². The van der Waals surface area contributed by atoms with Crippen molar-refractivity contribution in [2.45, 2.75) is 26.1 Å². The molecule has 1 heterocycles. The van der Waals surface area contributed by atoms with Gasteiger partial charge in [-0.05, 0) is 30.2 Å². The van der Waals surface area contributed by atoms with Gasteiger partial charge in [0, 0.05) is 12.7 Å². The number of hydrogen-bond acceptors (Lipinski definition) is 3. The summed E-state index contributed by atoms with van der Waals surface area (Å²) in [7, 11) is 0. The third-order valence-electron chi connectivity index (χ3n) is 3.50. The van der Waals surface area contributed by atoms with Gasteiger partial charge in [0.25, 0.3) is 5.91 Å². The molecule has 5 nitrogen and oxygen atoms in total. The Bertz CT molecular complexity index is 711. The summed E-state index contributed by atoms with van der Waals surface area (Å²) in [6, 6.07) is 6.06. The molecule has 8 heteroatoms. The predicted octanol–water partition coefficient (Wildman–Crippen LogP) is 2.64. The van der Waals surface area contributed by atoms with Gasteiger partial charge in [-0.2, -0.15) is 18.3 Å². The van der Waals surface area contributed by atoms with Crippen LogP contribution in [0.1, 0.15) is 29.9 Å². The van der Waals surface area contributed by atoms with Crippen LogP contribution in [0.3, 0.4) is 0 Å². The third kappa shape index (κ3) is 4.35. The quantitative estimate of drug-likeness (QED) is 0.879. The highest BCUT2D eigenvalue weighted by Crippen LogP contribution is 2.30. The van der Waals surface area contributed by atoms with Crippen molar-refractivity contribution in [2.24, 2.45) is 5.92 Å². The van der Waals surface area contributed by atoms with E-state index in [1.165, 1.54) is 29.1 Å². The van der Waals surface area contributed by atoms with Gasteiger partial charge in [-0.25, -0.2) is 4.68 Å². The zero-order valence-corrected chi connectivity index (χ0v) is 13.2. The molecule has 0 saturated carbocycles. The first kappa shape index (κ1) is 18.0. The Balaban J connectivity index is 2.12. The fourth-order valence-electron chi connectivity index (χ4n) is 1.94. The first-order chi connectivity index (χ1) is 11.2. The van der Waals surface area contributed by atoms with E-state index in [0.29, 0.717) is 0 Å². The minimum absolute atomic E-state index is 0.00651. The summed E-state index contributed by atoms with van der Waals surface area (Å²) in [6.07, 6.45) is -3.72.